The number of anilines is 2. The smallest absolute Gasteiger partial charge is 0.257 e. The van der Waals surface area contributed by atoms with E-state index in [2.05, 4.69) is 35.4 Å². The minimum atomic E-state index is -0.290. The molecule has 0 aliphatic carbocycles. The summed E-state index contributed by atoms with van der Waals surface area (Å²) >= 11 is 11.4. The summed E-state index contributed by atoms with van der Waals surface area (Å²) in [4.78, 5) is 14.6. The van der Waals surface area contributed by atoms with Crippen LogP contribution < -0.4 is 15.5 Å². The van der Waals surface area contributed by atoms with Crippen LogP contribution >= 0.6 is 23.8 Å². The maximum absolute atomic E-state index is 12.3. The number of hydrogen-bond acceptors (Lipinski definition) is 3. The van der Waals surface area contributed by atoms with Gasteiger partial charge in [0, 0.05) is 35.1 Å². The first-order chi connectivity index (χ1) is 12.3. The average Bonchev–Trinajstić information content (AvgIpc) is 2.60. The van der Waals surface area contributed by atoms with Crippen LogP contribution in [-0.2, 0) is 0 Å². The van der Waals surface area contributed by atoms with Crippen LogP contribution in [0.1, 0.15) is 35.3 Å². The predicted molar refractivity (Wildman–Crippen MR) is 115 cm³/mol. The molecule has 2 N–H and O–H groups in total. The molecular weight excluding hydrogens is 366 g/mol. The molecule has 0 aliphatic rings. The number of thiocarbonyl (C=S) groups is 1. The zero-order valence-electron chi connectivity index (χ0n) is 15.5. The van der Waals surface area contributed by atoms with Crippen LogP contribution in [0.25, 0.3) is 0 Å². The fraction of sp³-hybridized carbons (Fsp3) is 0.300. The van der Waals surface area contributed by atoms with Gasteiger partial charge in [-0.1, -0.05) is 17.7 Å². The van der Waals surface area contributed by atoms with Gasteiger partial charge in [0.25, 0.3) is 5.91 Å². The molecule has 2 aromatic rings. The number of nitrogens with zero attached hydrogens (tertiary/aromatic N) is 1. The summed E-state index contributed by atoms with van der Waals surface area (Å²) in [5.74, 6) is -0.290. The topological polar surface area (TPSA) is 44.4 Å². The van der Waals surface area contributed by atoms with Crippen LogP contribution in [0.5, 0.6) is 0 Å². The van der Waals surface area contributed by atoms with Crippen molar-refractivity contribution in [1.82, 2.24) is 5.32 Å². The highest BCUT2D eigenvalue weighted by Gasteiger charge is 2.11. The number of aryl methyl sites for hydroxylation is 2. The number of carbonyl (C=O) groups excluding carboxylic acids is 1. The van der Waals surface area contributed by atoms with Crippen molar-refractivity contribution >= 4 is 46.2 Å². The highest BCUT2D eigenvalue weighted by Crippen LogP contribution is 2.22. The lowest BCUT2D eigenvalue weighted by molar-refractivity contribution is 0.0977. The fourth-order valence-corrected chi connectivity index (χ4v) is 3.02. The quantitative estimate of drug-likeness (QED) is 0.711. The van der Waals surface area contributed by atoms with Gasteiger partial charge in [0.1, 0.15) is 0 Å². The molecule has 1 amide bonds. The summed E-state index contributed by atoms with van der Waals surface area (Å²) in [5, 5.41) is 6.59. The molecule has 0 radical (unpaired) electrons. The lowest BCUT2D eigenvalue weighted by atomic mass is 10.1. The molecule has 138 valence electrons. The zero-order chi connectivity index (χ0) is 19.3. The van der Waals surface area contributed by atoms with Crippen molar-refractivity contribution in [3.8, 4) is 0 Å². The number of carbonyl (C=O) groups is 1. The van der Waals surface area contributed by atoms with Gasteiger partial charge in [-0.3, -0.25) is 10.1 Å². The van der Waals surface area contributed by atoms with Crippen LogP contribution in [0, 0.1) is 13.8 Å². The molecule has 0 aliphatic heterocycles. The fourth-order valence-electron chi connectivity index (χ4n) is 2.64. The summed E-state index contributed by atoms with van der Waals surface area (Å²) in [7, 11) is 0. The van der Waals surface area contributed by atoms with Crippen LogP contribution in [-0.4, -0.2) is 24.1 Å². The summed E-state index contributed by atoms with van der Waals surface area (Å²) in [6.07, 6.45) is 0. The number of halogens is 1. The Labute approximate surface area is 165 Å². The van der Waals surface area contributed by atoms with E-state index in [1.807, 2.05) is 32.0 Å². The monoisotopic (exact) mass is 389 g/mol. The minimum Gasteiger partial charge on any atom is -0.372 e. The first-order valence-electron chi connectivity index (χ1n) is 8.59. The van der Waals surface area contributed by atoms with Gasteiger partial charge in [-0.15, -0.1) is 0 Å². The number of amides is 1. The van der Waals surface area contributed by atoms with Gasteiger partial charge in [-0.25, -0.2) is 0 Å². The van der Waals surface area contributed by atoms with E-state index in [1.54, 1.807) is 12.1 Å². The Balaban J connectivity index is 2.05. The third kappa shape index (κ3) is 4.96. The third-order valence-corrected chi connectivity index (χ3v) is 4.86. The van der Waals surface area contributed by atoms with Gasteiger partial charge in [0.2, 0.25) is 0 Å². The highest BCUT2D eigenvalue weighted by molar-refractivity contribution is 7.80. The number of nitrogens with one attached hydrogen (secondary N) is 2. The molecule has 26 heavy (non-hydrogen) atoms. The van der Waals surface area contributed by atoms with Crippen LogP contribution in [0.15, 0.2) is 36.4 Å². The average molecular weight is 390 g/mol. The van der Waals surface area contributed by atoms with E-state index in [0.29, 0.717) is 10.6 Å². The second-order valence-corrected chi connectivity index (χ2v) is 6.86. The van der Waals surface area contributed by atoms with Gasteiger partial charge in [-0.2, -0.15) is 0 Å². The molecule has 0 aromatic heterocycles. The lowest BCUT2D eigenvalue weighted by Gasteiger charge is -2.22. The molecule has 0 unspecified atom stereocenters. The molecule has 0 atom stereocenters. The molecule has 0 saturated heterocycles. The van der Waals surface area contributed by atoms with E-state index in [4.69, 9.17) is 23.8 Å². The maximum Gasteiger partial charge on any atom is 0.257 e. The number of benzene rings is 2. The standard InChI is InChI=1S/C20H24ClN3OS/c1-5-24(6-2)16-9-10-18(14(4)11-16)22-20(26)23-19(25)15-8-7-13(3)17(21)12-15/h7-12H,5-6H2,1-4H3,(H2,22,23,25,26). The molecule has 0 bridgehead atoms. The Kier molecular flexibility index (Phi) is 7.00. The van der Waals surface area contributed by atoms with E-state index in [0.717, 1.165) is 29.9 Å². The summed E-state index contributed by atoms with van der Waals surface area (Å²) in [6, 6.07) is 11.3. The summed E-state index contributed by atoms with van der Waals surface area (Å²) in [5.41, 5.74) is 4.49. The maximum atomic E-state index is 12.3. The van der Waals surface area contributed by atoms with Crippen molar-refractivity contribution in [2.45, 2.75) is 27.7 Å². The van der Waals surface area contributed by atoms with Crippen molar-refractivity contribution < 1.29 is 4.79 Å². The molecule has 4 nitrogen and oxygen atoms in total. The Morgan fingerprint density at radius 3 is 2.35 bits per heavy atom. The Morgan fingerprint density at radius 1 is 1.08 bits per heavy atom. The number of rotatable bonds is 5. The van der Waals surface area contributed by atoms with Gasteiger partial charge in [0.05, 0.1) is 0 Å². The van der Waals surface area contributed by atoms with Crippen molar-refractivity contribution in [3.63, 3.8) is 0 Å². The molecule has 0 fully saturated rings. The van der Waals surface area contributed by atoms with Crippen LogP contribution in [0.2, 0.25) is 5.02 Å². The van der Waals surface area contributed by atoms with Gasteiger partial charge >= 0.3 is 0 Å². The summed E-state index contributed by atoms with van der Waals surface area (Å²) in [6.45, 7) is 10.1. The number of hydrogen-bond donors (Lipinski definition) is 2. The molecule has 0 heterocycles. The van der Waals surface area contributed by atoms with E-state index in [9.17, 15) is 4.79 Å². The molecule has 2 rings (SSSR count). The van der Waals surface area contributed by atoms with Gasteiger partial charge < -0.3 is 10.2 Å². The predicted octanol–water partition coefficient (Wildman–Crippen LogP) is 4.93. The van der Waals surface area contributed by atoms with Crippen LogP contribution in [0.3, 0.4) is 0 Å². The highest BCUT2D eigenvalue weighted by atomic mass is 35.5. The first kappa shape index (κ1) is 20.2. The van der Waals surface area contributed by atoms with E-state index < -0.39 is 0 Å². The molecule has 2 aromatic carbocycles. The molecule has 0 spiro atoms. The SMILES string of the molecule is CCN(CC)c1ccc(NC(=S)NC(=O)c2ccc(C)c(Cl)c2)c(C)c1. The molecule has 0 saturated carbocycles. The van der Waals surface area contributed by atoms with Gasteiger partial charge in [0.15, 0.2) is 5.11 Å². The van der Waals surface area contributed by atoms with E-state index in [-0.39, 0.29) is 11.0 Å². The zero-order valence-corrected chi connectivity index (χ0v) is 17.1. The summed E-state index contributed by atoms with van der Waals surface area (Å²) < 4.78 is 0. The third-order valence-electron chi connectivity index (χ3n) is 4.25. The van der Waals surface area contributed by atoms with Crippen molar-refractivity contribution in [2.24, 2.45) is 0 Å². The molecular formula is C20H24ClN3OS. The van der Waals surface area contributed by atoms with Crippen molar-refractivity contribution in [3.05, 3.63) is 58.1 Å². The first-order valence-corrected chi connectivity index (χ1v) is 9.38. The Hall–Kier alpha value is -2.11. The van der Waals surface area contributed by atoms with E-state index in [1.165, 1.54) is 5.69 Å². The Morgan fingerprint density at radius 2 is 1.77 bits per heavy atom. The second kappa shape index (κ2) is 9.01. The normalized spacial score (nSPS) is 10.3. The van der Waals surface area contributed by atoms with Crippen LogP contribution in [0.4, 0.5) is 11.4 Å². The second-order valence-electron chi connectivity index (χ2n) is 6.04. The lowest BCUT2D eigenvalue weighted by Crippen LogP contribution is -2.34. The van der Waals surface area contributed by atoms with Gasteiger partial charge in [-0.05, 0) is 81.4 Å². The molecule has 6 heteroatoms. The van der Waals surface area contributed by atoms with Crippen molar-refractivity contribution in [1.29, 1.82) is 0 Å². The van der Waals surface area contributed by atoms with E-state index >= 15 is 0 Å². The Bertz CT molecular complexity index is 819. The largest absolute Gasteiger partial charge is 0.372 e. The minimum absolute atomic E-state index is 0.255. The van der Waals surface area contributed by atoms with Crippen molar-refractivity contribution in [2.75, 3.05) is 23.3 Å².